The van der Waals surface area contributed by atoms with Crippen LogP contribution in [0.3, 0.4) is 0 Å². The number of carbonyl (C=O) groups excluding carboxylic acids is 2. The number of ether oxygens (including phenoxy) is 1. The van der Waals surface area contributed by atoms with Gasteiger partial charge >= 0.3 is 12.1 Å². The van der Waals surface area contributed by atoms with Gasteiger partial charge in [-0.05, 0) is 50.6 Å². The second kappa shape index (κ2) is 8.81. The predicted octanol–water partition coefficient (Wildman–Crippen LogP) is 4.62. The Morgan fingerprint density at radius 3 is 2.52 bits per heavy atom. The molecule has 1 aliphatic rings. The maximum absolute atomic E-state index is 13.6. The molecule has 3 rings (SSSR count). The Morgan fingerprint density at radius 2 is 1.94 bits per heavy atom. The van der Waals surface area contributed by atoms with Crippen LogP contribution in [-0.2, 0) is 20.5 Å². The SMILES string of the molecule is COC(=O)C1(C)C[C@@H](C(=O)N(C)c2ccc(F)c(Cl)c2)N(c2cc(C(F)(F)F)cc(C)n2)C1. The molecule has 1 aromatic carbocycles. The van der Waals surface area contributed by atoms with Gasteiger partial charge in [0.25, 0.3) is 0 Å². The number of methoxy groups -OCH3 is 1. The summed E-state index contributed by atoms with van der Waals surface area (Å²) >= 11 is 5.83. The number of aryl methyl sites for hydroxylation is 1. The van der Waals surface area contributed by atoms with E-state index in [1.807, 2.05) is 0 Å². The van der Waals surface area contributed by atoms with Gasteiger partial charge in [-0.3, -0.25) is 9.59 Å². The highest BCUT2D eigenvalue weighted by molar-refractivity contribution is 6.31. The summed E-state index contributed by atoms with van der Waals surface area (Å²) in [6.07, 6.45) is -4.64. The van der Waals surface area contributed by atoms with Crippen LogP contribution < -0.4 is 9.80 Å². The summed E-state index contributed by atoms with van der Waals surface area (Å²) in [6, 6.07) is 4.45. The number of alkyl halides is 3. The molecule has 2 heterocycles. The Hall–Kier alpha value is -2.88. The van der Waals surface area contributed by atoms with E-state index in [0.717, 1.165) is 18.2 Å². The monoisotopic (exact) mass is 487 g/mol. The number of esters is 1. The van der Waals surface area contributed by atoms with Crippen molar-refractivity contribution in [1.29, 1.82) is 0 Å². The third-order valence-electron chi connectivity index (χ3n) is 5.69. The van der Waals surface area contributed by atoms with Gasteiger partial charge < -0.3 is 14.5 Å². The first-order chi connectivity index (χ1) is 15.3. The highest BCUT2D eigenvalue weighted by Gasteiger charge is 2.51. The molecule has 0 saturated carbocycles. The van der Waals surface area contributed by atoms with Crippen molar-refractivity contribution in [3.05, 3.63) is 52.4 Å². The molecule has 0 spiro atoms. The smallest absolute Gasteiger partial charge is 0.416 e. The Balaban J connectivity index is 2.05. The molecule has 0 aliphatic carbocycles. The molecular weight excluding hydrogens is 466 g/mol. The predicted molar refractivity (Wildman–Crippen MR) is 115 cm³/mol. The van der Waals surface area contributed by atoms with E-state index in [0.29, 0.717) is 0 Å². The Labute approximate surface area is 193 Å². The van der Waals surface area contributed by atoms with Crippen molar-refractivity contribution in [2.45, 2.75) is 32.5 Å². The van der Waals surface area contributed by atoms with Crippen LogP contribution in [0.1, 0.15) is 24.6 Å². The fraction of sp³-hybridized carbons (Fsp3) is 0.409. The average Bonchev–Trinajstić information content (AvgIpc) is 3.12. The van der Waals surface area contributed by atoms with Crippen LogP contribution in [0.25, 0.3) is 0 Å². The number of likely N-dealkylation sites (N-methyl/N-ethyl adjacent to an activating group) is 1. The van der Waals surface area contributed by atoms with Crippen LogP contribution in [0.4, 0.5) is 29.1 Å². The number of rotatable bonds is 4. The standard InChI is InChI=1S/C22H22ClF4N3O3/c1-12-7-13(22(25,26)27)8-18(28-12)30-11-21(2,20(32)33-4)10-17(30)19(31)29(3)14-5-6-16(24)15(23)9-14/h5-9,17H,10-11H2,1-4H3/t17-,21?/m0/s1. The number of anilines is 2. The zero-order chi connectivity index (χ0) is 24.7. The van der Waals surface area contributed by atoms with Gasteiger partial charge in [0.2, 0.25) is 5.91 Å². The second-order valence-corrected chi connectivity index (χ2v) is 8.66. The van der Waals surface area contributed by atoms with E-state index in [-0.39, 0.29) is 35.2 Å². The number of carbonyl (C=O) groups is 2. The molecule has 11 heteroatoms. The highest BCUT2D eigenvalue weighted by atomic mass is 35.5. The minimum absolute atomic E-state index is 0.0191. The lowest BCUT2D eigenvalue weighted by Crippen LogP contribution is -2.44. The van der Waals surface area contributed by atoms with Gasteiger partial charge in [0.1, 0.15) is 17.7 Å². The third kappa shape index (κ3) is 4.90. The Kier molecular flexibility index (Phi) is 6.61. The molecule has 0 bridgehead atoms. The van der Waals surface area contributed by atoms with Gasteiger partial charge in [0, 0.05) is 25.0 Å². The van der Waals surface area contributed by atoms with Crippen molar-refractivity contribution in [2.75, 3.05) is 30.5 Å². The number of aromatic nitrogens is 1. The number of pyridine rings is 1. The number of halogens is 5. The first-order valence-electron chi connectivity index (χ1n) is 9.90. The summed E-state index contributed by atoms with van der Waals surface area (Å²) in [6.45, 7) is 2.91. The number of benzene rings is 1. The number of amides is 1. The van der Waals surface area contributed by atoms with Gasteiger partial charge in [-0.25, -0.2) is 9.37 Å². The van der Waals surface area contributed by atoms with Gasteiger partial charge in [-0.2, -0.15) is 13.2 Å². The molecule has 178 valence electrons. The molecule has 1 fully saturated rings. The first kappa shape index (κ1) is 24.8. The van der Waals surface area contributed by atoms with Crippen molar-refractivity contribution in [2.24, 2.45) is 5.41 Å². The summed E-state index contributed by atoms with van der Waals surface area (Å²) in [4.78, 5) is 32.7. The van der Waals surface area contributed by atoms with E-state index in [2.05, 4.69) is 4.98 Å². The summed E-state index contributed by atoms with van der Waals surface area (Å²) in [5.41, 5.74) is -1.69. The maximum atomic E-state index is 13.6. The second-order valence-electron chi connectivity index (χ2n) is 8.25. The van der Waals surface area contributed by atoms with E-state index >= 15 is 0 Å². The summed E-state index contributed by atoms with van der Waals surface area (Å²) < 4.78 is 58.6. The van der Waals surface area contributed by atoms with Gasteiger partial charge in [-0.15, -0.1) is 0 Å². The van der Waals surface area contributed by atoms with Crippen molar-refractivity contribution >= 4 is 35.0 Å². The van der Waals surface area contributed by atoms with Crippen molar-refractivity contribution < 1.29 is 31.9 Å². The number of hydrogen-bond donors (Lipinski definition) is 0. The minimum atomic E-state index is -4.62. The molecule has 2 atom stereocenters. The normalized spacial score (nSPS) is 20.6. The fourth-order valence-electron chi connectivity index (χ4n) is 3.95. The largest absolute Gasteiger partial charge is 0.469 e. The van der Waals surface area contributed by atoms with Crippen LogP contribution >= 0.6 is 11.6 Å². The lowest BCUT2D eigenvalue weighted by Gasteiger charge is -2.29. The fourth-order valence-corrected chi connectivity index (χ4v) is 4.12. The van der Waals surface area contributed by atoms with Crippen molar-refractivity contribution in [3.63, 3.8) is 0 Å². The van der Waals surface area contributed by atoms with E-state index in [9.17, 15) is 27.2 Å². The van der Waals surface area contributed by atoms with Crippen LogP contribution in [0.5, 0.6) is 0 Å². The zero-order valence-electron chi connectivity index (χ0n) is 18.3. The topological polar surface area (TPSA) is 62.7 Å². The van der Waals surface area contributed by atoms with Gasteiger partial charge in [-0.1, -0.05) is 11.6 Å². The molecule has 0 radical (unpaired) electrons. The quantitative estimate of drug-likeness (QED) is 0.465. The molecule has 1 saturated heterocycles. The van der Waals surface area contributed by atoms with E-state index in [1.165, 1.54) is 43.0 Å². The van der Waals surface area contributed by atoms with Crippen LogP contribution in [0.2, 0.25) is 5.02 Å². The molecule has 6 nitrogen and oxygen atoms in total. The Morgan fingerprint density at radius 1 is 1.27 bits per heavy atom. The average molecular weight is 488 g/mol. The summed E-state index contributed by atoms with van der Waals surface area (Å²) in [5, 5.41) is -0.190. The third-order valence-corrected chi connectivity index (χ3v) is 5.97. The van der Waals surface area contributed by atoms with Gasteiger partial charge in [0.15, 0.2) is 0 Å². The molecule has 2 aromatic rings. The van der Waals surface area contributed by atoms with Crippen molar-refractivity contribution in [3.8, 4) is 0 Å². The number of hydrogen-bond acceptors (Lipinski definition) is 5. The molecule has 0 N–H and O–H groups in total. The zero-order valence-corrected chi connectivity index (χ0v) is 19.1. The molecule has 1 amide bonds. The lowest BCUT2D eigenvalue weighted by atomic mass is 9.87. The van der Waals surface area contributed by atoms with Crippen molar-refractivity contribution in [1.82, 2.24) is 4.98 Å². The van der Waals surface area contributed by atoms with Crippen LogP contribution in [0.15, 0.2) is 30.3 Å². The molecule has 1 unspecified atom stereocenters. The van der Waals surface area contributed by atoms with Crippen LogP contribution in [0, 0.1) is 18.2 Å². The summed E-state index contributed by atoms with van der Waals surface area (Å²) in [5.74, 6) is -1.87. The molecular formula is C22H22ClF4N3O3. The maximum Gasteiger partial charge on any atom is 0.416 e. The molecule has 1 aliphatic heterocycles. The highest BCUT2D eigenvalue weighted by Crippen LogP contribution is 2.41. The minimum Gasteiger partial charge on any atom is -0.469 e. The van der Waals surface area contributed by atoms with Gasteiger partial charge in [0.05, 0.1) is 23.1 Å². The summed E-state index contributed by atoms with van der Waals surface area (Å²) in [7, 11) is 2.63. The molecule has 33 heavy (non-hydrogen) atoms. The number of nitrogens with zero attached hydrogens (tertiary/aromatic N) is 3. The van der Waals surface area contributed by atoms with Crippen LogP contribution in [-0.4, -0.2) is 43.6 Å². The lowest BCUT2D eigenvalue weighted by molar-refractivity contribution is -0.150. The van der Waals surface area contributed by atoms with E-state index in [1.54, 1.807) is 6.92 Å². The first-order valence-corrected chi connectivity index (χ1v) is 10.3. The van der Waals surface area contributed by atoms with E-state index < -0.39 is 40.9 Å². The Bertz CT molecular complexity index is 1100. The van der Waals surface area contributed by atoms with E-state index in [4.69, 9.17) is 16.3 Å². The molecule has 1 aromatic heterocycles.